The fraction of sp³-hybridized carbons (Fsp3) is 0.318. The highest BCUT2D eigenvalue weighted by atomic mass is 16.4. The zero-order valence-electron chi connectivity index (χ0n) is 16.2. The molecular formula is C22H23N3O3. The van der Waals surface area contributed by atoms with Gasteiger partial charge in [0.25, 0.3) is 5.91 Å². The van der Waals surface area contributed by atoms with E-state index < -0.39 is 5.63 Å². The summed E-state index contributed by atoms with van der Waals surface area (Å²) >= 11 is 0. The summed E-state index contributed by atoms with van der Waals surface area (Å²) in [6.07, 6.45) is 4.73. The predicted molar refractivity (Wildman–Crippen MR) is 106 cm³/mol. The van der Waals surface area contributed by atoms with Gasteiger partial charge in [0.1, 0.15) is 6.26 Å². The molecule has 0 aliphatic heterocycles. The first kappa shape index (κ1) is 18.2. The van der Waals surface area contributed by atoms with E-state index >= 15 is 0 Å². The van der Waals surface area contributed by atoms with Crippen molar-refractivity contribution in [1.82, 2.24) is 15.1 Å². The van der Waals surface area contributed by atoms with Crippen LogP contribution in [0.2, 0.25) is 0 Å². The molecule has 1 unspecified atom stereocenters. The van der Waals surface area contributed by atoms with Crippen molar-refractivity contribution in [3.8, 4) is 5.69 Å². The average Bonchev–Trinajstić information content (AvgIpc) is 3.05. The van der Waals surface area contributed by atoms with Gasteiger partial charge in [-0.2, -0.15) is 5.10 Å². The number of rotatable bonds is 3. The molecule has 4 rings (SSSR count). The molecule has 1 aliphatic carbocycles. The number of carbonyl (C=O) groups is 1. The van der Waals surface area contributed by atoms with E-state index in [1.165, 1.54) is 24.0 Å². The lowest BCUT2D eigenvalue weighted by molar-refractivity contribution is 0.0917. The van der Waals surface area contributed by atoms with Crippen LogP contribution in [0.4, 0.5) is 0 Å². The van der Waals surface area contributed by atoms with Crippen molar-refractivity contribution in [2.45, 2.75) is 39.7 Å². The third-order valence-corrected chi connectivity index (χ3v) is 5.23. The lowest BCUT2D eigenvalue weighted by Crippen LogP contribution is -2.36. The van der Waals surface area contributed by atoms with Crippen molar-refractivity contribution < 1.29 is 9.21 Å². The van der Waals surface area contributed by atoms with Crippen LogP contribution in [0.15, 0.2) is 58.1 Å². The molecule has 0 bridgehead atoms. The Balaban J connectivity index is 1.67. The van der Waals surface area contributed by atoms with Gasteiger partial charge in [-0.15, -0.1) is 0 Å². The summed E-state index contributed by atoms with van der Waals surface area (Å²) in [5, 5.41) is 7.70. The fourth-order valence-corrected chi connectivity index (χ4v) is 3.81. The number of hydrogen-bond acceptors (Lipinski definition) is 4. The molecule has 1 N–H and O–H groups in total. The molecule has 3 aromatic rings. The predicted octanol–water partition coefficient (Wildman–Crippen LogP) is 3.58. The minimum atomic E-state index is -0.475. The van der Waals surface area contributed by atoms with Crippen molar-refractivity contribution in [2.24, 2.45) is 5.41 Å². The van der Waals surface area contributed by atoms with Gasteiger partial charge in [-0.1, -0.05) is 31.5 Å². The van der Waals surface area contributed by atoms with Crippen molar-refractivity contribution in [3.05, 3.63) is 81.7 Å². The number of nitrogens with zero attached hydrogens (tertiary/aromatic N) is 2. The highest BCUT2D eigenvalue weighted by Crippen LogP contribution is 2.41. The number of nitrogens with one attached hydrogen (secondary N) is 1. The highest BCUT2D eigenvalue weighted by molar-refractivity contribution is 5.94. The average molecular weight is 377 g/mol. The maximum atomic E-state index is 12.7. The Morgan fingerprint density at radius 2 is 1.96 bits per heavy atom. The summed E-state index contributed by atoms with van der Waals surface area (Å²) in [6.45, 7) is 6.45. The molecule has 2 heterocycles. The van der Waals surface area contributed by atoms with E-state index in [0.29, 0.717) is 5.56 Å². The highest BCUT2D eigenvalue weighted by Gasteiger charge is 2.36. The number of carbonyl (C=O) groups excluding carboxylic acids is 1. The third kappa shape index (κ3) is 3.50. The Morgan fingerprint density at radius 1 is 1.21 bits per heavy atom. The molecular weight excluding hydrogens is 354 g/mol. The van der Waals surface area contributed by atoms with E-state index in [1.54, 1.807) is 0 Å². The molecule has 1 aromatic carbocycles. The minimum Gasteiger partial charge on any atom is -0.430 e. The Kier molecular flexibility index (Phi) is 4.41. The van der Waals surface area contributed by atoms with Gasteiger partial charge in [0.15, 0.2) is 0 Å². The molecule has 1 atom stereocenters. The zero-order valence-corrected chi connectivity index (χ0v) is 16.2. The first-order chi connectivity index (χ1) is 13.3. The Morgan fingerprint density at radius 3 is 2.64 bits per heavy atom. The Hall–Kier alpha value is -3.15. The Labute approximate surface area is 163 Å². The van der Waals surface area contributed by atoms with Crippen LogP contribution in [-0.2, 0) is 6.42 Å². The van der Waals surface area contributed by atoms with E-state index in [-0.39, 0.29) is 17.4 Å². The quantitative estimate of drug-likeness (QED) is 0.757. The summed E-state index contributed by atoms with van der Waals surface area (Å²) in [4.78, 5) is 23.8. The standard InChI is InChI=1S/C22H23N3O3/c1-14-4-7-16(8-5-14)25-19-11-22(2,3)10-18(17(19)12-23-25)24-21(27)15-6-9-20(26)28-13-15/h4-9,12-13,18H,10-11H2,1-3H3,(H,24,27). The normalized spacial score (nSPS) is 17.8. The lowest BCUT2D eigenvalue weighted by Gasteiger charge is -2.36. The van der Waals surface area contributed by atoms with Crippen molar-refractivity contribution in [3.63, 3.8) is 0 Å². The molecule has 0 saturated carbocycles. The second kappa shape index (κ2) is 6.78. The molecule has 1 amide bonds. The molecule has 2 aromatic heterocycles. The maximum absolute atomic E-state index is 12.7. The first-order valence-electron chi connectivity index (χ1n) is 9.36. The van der Waals surface area contributed by atoms with Gasteiger partial charge >= 0.3 is 5.63 Å². The molecule has 0 radical (unpaired) electrons. The van der Waals surface area contributed by atoms with Crippen LogP contribution in [0.1, 0.15) is 53.5 Å². The number of fused-ring (bicyclic) bond motifs is 1. The second-order valence-corrected chi connectivity index (χ2v) is 8.21. The van der Waals surface area contributed by atoms with Crippen LogP contribution in [0.3, 0.4) is 0 Å². The van der Waals surface area contributed by atoms with Gasteiger partial charge in [0.2, 0.25) is 0 Å². The number of hydrogen-bond donors (Lipinski definition) is 1. The van der Waals surface area contributed by atoms with Gasteiger partial charge in [0.05, 0.1) is 29.2 Å². The van der Waals surface area contributed by atoms with Gasteiger partial charge in [-0.25, -0.2) is 9.48 Å². The van der Waals surface area contributed by atoms with E-state index in [0.717, 1.165) is 29.8 Å². The number of aromatic nitrogens is 2. The van der Waals surface area contributed by atoms with Crippen LogP contribution in [0, 0.1) is 12.3 Å². The van der Waals surface area contributed by atoms with Gasteiger partial charge < -0.3 is 9.73 Å². The summed E-state index contributed by atoms with van der Waals surface area (Å²) in [7, 11) is 0. The van der Waals surface area contributed by atoms with Gasteiger partial charge in [-0.3, -0.25) is 4.79 Å². The van der Waals surface area contributed by atoms with Crippen LogP contribution >= 0.6 is 0 Å². The molecule has 1 aliphatic rings. The van der Waals surface area contributed by atoms with Crippen LogP contribution < -0.4 is 10.9 Å². The van der Waals surface area contributed by atoms with Crippen LogP contribution in [0.25, 0.3) is 5.69 Å². The molecule has 6 heteroatoms. The molecule has 0 spiro atoms. The van der Waals surface area contributed by atoms with E-state index in [4.69, 9.17) is 4.42 Å². The first-order valence-corrected chi connectivity index (χ1v) is 9.36. The van der Waals surface area contributed by atoms with E-state index in [9.17, 15) is 9.59 Å². The summed E-state index contributed by atoms with van der Waals surface area (Å²) in [6, 6.07) is 10.8. The van der Waals surface area contributed by atoms with Crippen LogP contribution in [0.5, 0.6) is 0 Å². The van der Waals surface area contributed by atoms with Crippen molar-refractivity contribution >= 4 is 5.91 Å². The molecule has 6 nitrogen and oxygen atoms in total. The molecule has 0 saturated heterocycles. The number of benzene rings is 1. The molecule has 28 heavy (non-hydrogen) atoms. The van der Waals surface area contributed by atoms with Gasteiger partial charge in [0, 0.05) is 11.6 Å². The Bertz CT molecular complexity index is 1060. The van der Waals surface area contributed by atoms with Crippen molar-refractivity contribution in [1.29, 1.82) is 0 Å². The monoisotopic (exact) mass is 377 g/mol. The third-order valence-electron chi connectivity index (χ3n) is 5.23. The fourth-order valence-electron chi connectivity index (χ4n) is 3.81. The summed E-state index contributed by atoms with van der Waals surface area (Å²) in [5.74, 6) is -0.263. The number of aryl methyl sites for hydroxylation is 1. The lowest BCUT2D eigenvalue weighted by atomic mass is 9.74. The van der Waals surface area contributed by atoms with E-state index in [2.05, 4.69) is 55.5 Å². The van der Waals surface area contributed by atoms with Crippen molar-refractivity contribution in [2.75, 3.05) is 0 Å². The topological polar surface area (TPSA) is 77.1 Å². The van der Waals surface area contributed by atoms with E-state index in [1.807, 2.05) is 10.9 Å². The SMILES string of the molecule is Cc1ccc(-n2ncc3c2CC(C)(C)CC3NC(=O)c2ccc(=O)oc2)cc1. The minimum absolute atomic E-state index is 0.0106. The van der Waals surface area contributed by atoms with Gasteiger partial charge in [-0.05, 0) is 43.4 Å². The second-order valence-electron chi connectivity index (χ2n) is 8.21. The largest absolute Gasteiger partial charge is 0.430 e. The summed E-state index contributed by atoms with van der Waals surface area (Å²) < 4.78 is 6.79. The summed E-state index contributed by atoms with van der Waals surface area (Å²) in [5.41, 5.74) is 4.23. The smallest absolute Gasteiger partial charge is 0.335 e. The number of amides is 1. The molecule has 144 valence electrons. The van der Waals surface area contributed by atoms with Crippen LogP contribution in [-0.4, -0.2) is 15.7 Å². The molecule has 0 fully saturated rings. The zero-order chi connectivity index (χ0) is 19.9. The maximum Gasteiger partial charge on any atom is 0.335 e.